The van der Waals surface area contributed by atoms with Crippen LogP contribution in [0, 0.1) is 0 Å². The van der Waals surface area contributed by atoms with Crippen molar-refractivity contribution in [1.82, 2.24) is 0 Å². The molecule has 0 amide bonds. The summed E-state index contributed by atoms with van der Waals surface area (Å²) in [5, 5.41) is 0.770. The number of halogens is 1. The molecule has 0 spiro atoms. The molecular weight excluding hydrogens is 266 g/mol. The fourth-order valence-corrected chi connectivity index (χ4v) is 2.46. The minimum atomic E-state index is 0.140. The second-order valence-electron chi connectivity index (χ2n) is 5.69. The van der Waals surface area contributed by atoms with Crippen LogP contribution < -0.4 is 5.73 Å². The smallest absolute Gasteiger partial charge is 0.0406 e. The van der Waals surface area contributed by atoms with Crippen molar-refractivity contribution >= 4 is 11.6 Å². The zero-order valence-electron chi connectivity index (χ0n) is 12.1. The van der Waals surface area contributed by atoms with E-state index in [4.69, 9.17) is 17.3 Å². The molecule has 106 valence electrons. The molecular formula is C18H22ClN. The van der Waals surface area contributed by atoms with E-state index in [9.17, 15) is 0 Å². The zero-order valence-corrected chi connectivity index (χ0v) is 12.9. The van der Waals surface area contributed by atoms with Gasteiger partial charge in [0.15, 0.2) is 0 Å². The van der Waals surface area contributed by atoms with Gasteiger partial charge >= 0.3 is 0 Å². The summed E-state index contributed by atoms with van der Waals surface area (Å²) >= 11 is 5.89. The molecule has 2 heteroatoms. The second kappa shape index (κ2) is 6.92. The largest absolute Gasteiger partial charge is 0.327 e. The second-order valence-corrected chi connectivity index (χ2v) is 6.13. The van der Waals surface area contributed by atoms with Crippen molar-refractivity contribution < 1.29 is 0 Å². The van der Waals surface area contributed by atoms with Gasteiger partial charge < -0.3 is 5.73 Å². The Kier molecular flexibility index (Phi) is 5.22. The molecule has 0 saturated carbocycles. The summed E-state index contributed by atoms with van der Waals surface area (Å²) in [6.07, 6.45) is 1.78. The molecule has 0 aliphatic heterocycles. The van der Waals surface area contributed by atoms with Crippen LogP contribution in [0.5, 0.6) is 0 Å². The standard InChI is InChI=1S/C18H22ClN/c1-13(2)16-7-3-14(4-8-16)11-18(20)12-15-5-9-17(19)10-6-15/h3-10,13,18H,11-12,20H2,1-2H3. The topological polar surface area (TPSA) is 26.0 Å². The Morgan fingerprint density at radius 1 is 0.850 bits per heavy atom. The molecule has 20 heavy (non-hydrogen) atoms. The molecule has 0 radical (unpaired) electrons. The molecule has 0 aliphatic rings. The Hall–Kier alpha value is -1.31. The van der Waals surface area contributed by atoms with Crippen LogP contribution in [-0.4, -0.2) is 6.04 Å². The molecule has 2 aromatic carbocycles. The summed E-state index contributed by atoms with van der Waals surface area (Å²) in [4.78, 5) is 0. The van der Waals surface area contributed by atoms with Crippen LogP contribution in [0.15, 0.2) is 48.5 Å². The molecule has 0 heterocycles. The molecule has 1 unspecified atom stereocenters. The Labute approximate surface area is 126 Å². The lowest BCUT2D eigenvalue weighted by Crippen LogP contribution is -2.25. The minimum Gasteiger partial charge on any atom is -0.327 e. The van der Waals surface area contributed by atoms with Gasteiger partial charge in [0.25, 0.3) is 0 Å². The molecule has 0 aromatic heterocycles. The van der Waals surface area contributed by atoms with E-state index >= 15 is 0 Å². The monoisotopic (exact) mass is 287 g/mol. The van der Waals surface area contributed by atoms with E-state index in [0.717, 1.165) is 17.9 Å². The maximum atomic E-state index is 6.24. The first-order chi connectivity index (χ1) is 9.54. The van der Waals surface area contributed by atoms with E-state index in [1.807, 2.05) is 24.3 Å². The van der Waals surface area contributed by atoms with Crippen molar-refractivity contribution in [3.8, 4) is 0 Å². The van der Waals surface area contributed by atoms with E-state index < -0.39 is 0 Å². The third-order valence-electron chi connectivity index (χ3n) is 3.56. The normalized spacial score (nSPS) is 12.7. The van der Waals surface area contributed by atoms with Gasteiger partial charge in [0.2, 0.25) is 0 Å². The third-order valence-corrected chi connectivity index (χ3v) is 3.81. The van der Waals surface area contributed by atoms with Crippen LogP contribution in [-0.2, 0) is 12.8 Å². The fourth-order valence-electron chi connectivity index (χ4n) is 2.34. The fraction of sp³-hybridized carbons (Fsp3) is 0.333. The van der Waals surface area contributed by atoms with Gasteiger partial charge in [0, 0.05) is 11.1 Å². The van der Waals surface area contributed by atoms with Crippen LogP contribution in [0.3, 0.4) is 0 Å². The number of hydrogen-bond donors (Lipinski definition) is 1. The maximum Gasteiger partial charge on any atom is 0.0406 e. The summed E-state index contributed by atoms with van der Waals surface area (Å²) < 4.78 is 0. The van der Waals surface area contributed by atoms with Crippen molar-refractivity contribution in [3.05, 3.63) is 70.2 Å². The van der Waals surface area contributed by atoms with Gasteiger partial charge in [0.1, 0.15) is 0 Å². The first-order valence-corrected chi connectivity index (χ1v) is 7.51. The molecule has 0 bridgehead atoms. The molecule has 2 N–H and O–H groups in total. The predicted molar refractivity (Wildman–Crippen MR) is 87.4 cm³/mol. The van der Waals surface area contributed by atoms with E-state index in [1.165, 1.54) is 16.7 Å². The van der Waals surface area contributed by atoms with Crippen LogP contribution in [0.1, 0.15) is 36.5 Å². The van der Waals surface area contributed by atoms with E-state index in [2.05, 4.69) is 38.1 Å². The van der Waals surface area contributed by atoms with Crippen molar-refractivity contribution in [2.45, 2.75) is 38.6 Å². The Bertz CT molecular complexity index is 528. The molecule has 0 saturated heterocycles. The van der Waals surface area contributed by atoms with E-state index in [0.29, 0.717) is 5.92 Å². The molecule has 1 atom stereocenters. The van der Waals surface area contributed by atoms with E-state index in [1.54, 1.807) is 0 Å². The number of nitrogens with two attached hydrogens (primary N) is 1. The number of hydrogen-bond acceptors (Lipinski definition) is 1. The average molecular weight is 288 g/mol. The molecule has 1 nitrogen and oxygen atoms in total. The quantitative estimate of drug-likeness (QED) is 0.856. The van der Waals surface area contributed by atoms with Crippen molar-refractivity contribution in [2.24, 2.45) is 5.73 Å². The molecule has 2 aromatic rings. The first kappa shape index (κ1) is 15.1. The van der Waals surface area contributed by atoms with Gasteiger partial charge in [-0.05, 0) is 47.6 Å². The van der Waals surface area contributed by atoms with E-state index in [-0.39, 0.29) is 6.04 Å². The zero-order chi connectivity index (χ0) is 14.5. The van der Waals surface area contributed by atoms with Crippen LogP contribution in [0.25, 0.3) is 0 Å². The SMILES string of the molecule is CC(C)c1ccc(CC(N)Cc2ccc(Cl)cc2)cc1. The number of rotatable bonds is 5. The Morgan fingerprint density at radius 2 is 1.30 bits per heavy atom. The predicted octanol–water partition coefficient (Wildman–Crippen LogP) is 4.58. The summed E-state index contributed by atoms with van der Waals surface area (Å²) in [7, 11) is 0. The van der Waals surface area contributed by atoms with Crippen LogP contribution in [0.4, 0.5) is 0 Å². The molecule has 0 fully saturated rings. The van der Waals surface area contributed by atoms with Gasteiger partial charge in [-0.3, -0.25) is 0 Å². The summed E-state index contributed by atoms with van der Waals surface area (Å²) in [5.41, 5.74) is 10.2. The van der Waals surface area contributed by atoms with Gasteiger partial charge in [-0.15, -0.1) is 0 Å². The van der Waals surface area contributed by atoms with Crippen molar-refractivity contribution in [3.63, 3.8) is 0 Å². The Balaban J connectivity index is 1.93. The Morgan fingerprint density at radius 3 is 1.75 bits per heavy atom. The highest BCUT2D eigenvalue weighted by Gasteiger charge is 2.06. The summed E-state index contributed by atoms with van der Waals surface area (Å²) in [5.74, 6) is 0.576. The average Bonchev–Trinajstić information content (AvgIpc) is 2.42. The lowest BCUT2D eigenvalue weighted by atomic mass is 9.97. The highest BCUT2D eigenvalue weighted by atomic mass is 35.5. The lowest BCUT2D eigenvalue weighted by molar-refractivity contribution is 0.664. The van der Waals surface area contributed by atoms with Crippen LogP contribution >= 0.6 is 11.6 Å². The van der Waals surface area contributed by atoms with Gasteiger partial charge in [0.05, 0.1) is 0 Å². The summed E-state index contributed by atoms with van der Waals surface area (Å²) in [6, 6.07) is 16.9. The highest BCUT2D eigenvalue weighted by Crippen LogP contribution is 2.16. The third kappa shape index (κ3) is 4.36. The molecule has 0 aliphatic carbocycles. The lowest BCUT2D eigenvalue weighted by Gasteiger charge is -2.13. The van der Waals surface area contributed by atoms with Gasteiger partial charge in [-0.25, -0.2) is 0 Å². The first-order valence-electron chi connectivity index (χ1n) is 7.13. The van der Waals surface area contributed by atoms with Gasteiger partial charge in [-0.1, -0.05) is 61.8 Å². The number of benzene rings is 2. The highest BCUT2D eigenvalue weighted by molar-refractivity contribution is 6.30. The van der Waals surface area contributed by atoms with Crippen molar-refractivity contribution in [1.29, 1.82) is 0 Å². The maximum absolute atomic E-state index is 6.24. The van der Waals surface area contributed by atoms with Crippen molar-refractivity contribution in [2.75, 3.05) is 0 Å². The summed E-state index contributed by atoms with van der Waals surface area (Å²) in [6.45, 7) is 4.42. The molecule has 2 rings (SSSR count). The van der Waals surface area contributed by atoms with Crippen LogP contribution in [0.2, 0.25) is 5.02 Å². The minimum absolute atomic E-state index is 0.140. The van der Waals surface area contributed by atoms with Gasteiger partial charge in [-0.2, -0.15) is 0 Å².